The zero-order valence-electron chi connectivity index (χ0n) is 19.5. The third-order valence-corrected chi connectivity index (χ3v) is 6.20. The highest BCUT2D eigenvalue weighted by molar-refractivity contribution is 6.31. The number of halogens is 2. The maximum Gasteiger partial charge on any atom is 0.246 e. The number of likely N-dealkylation sites (tertiary alicyclic amines) is 1. The number of hydrogen-bond acceptors (Lipinski definition) is 5. The minimum absolute atomic E-state index is 0.00589. The number of fused-ring (bicyclic) bond motifs is 1. The Morgan fingerprint density at radius 2 is 2.09 bits per heavy atom. The van der Waals surface area contributed by atoms with Gasteiger partial charge in [-0.05, 0) is 30.2 Å². The Labute approximate surface area is 204 Å². The van der Waals surface area contributed by atoms with Crippen molar-refractivity contribution in [1.82, 2.24) is 19.4 Å². The van der Waals surface area contributed by atoms with E-state index in [2.05, 4.69) is 16.0 Å². The predicted octanol–water partition coefficient (Wildman–Crippen LogP) is 3.87. The van der Waals surface area contributed by atoms with E-state index in [1.54, 1.807) is 23.2 Å². The topological polar surface area (TPSA) is 82.2 Å². The maximum atomic E-state index is 12.6. The summed E-state index contributed by atoms with van der Waals surface area (Å²) in [5, 5.41) is 9.38. The summed E-state index contributed by atoms with van der Waals surface area (Å²) in [7, 11) is 0. The average Bonchev–Trinajstić information content (AvgIpc) is 3.22. The monoisotopic (exact) mass is 485 g/mol. The zero-order valence-corrected chi connectivity index (χ0v) is 20.3. The number of aromatic nitrogens is 2. The average molecular weight is 486 g/mol. The highest BCUT2D eigenvalue weighted by Gasteiger charge is 2.26. The zero-order chi connectivity index (χ0) is 24.7. The van der Waals surface area contributed by atoms with E-state index in [4.69, 9.17) is 16.9 Å². The van der Waals surface area contributed by atoms with Gasteiger partial charge >= 0.3 is 0 Å². The molecule has 7 nitrogen and oxygen atoms in total. The molecule has 0 aliphatic carbocycles. The molecule has 0 bridgehead atoms. The summed E-state index contributed by atoms with van der Waals surface area (Å²) < 4.78 is 14.5. The van der Waals surface area contributed by atoms with Gasteiger partial charge in [0.05, 0.1) is 24.7 Å². The molecule has 34 heavy (non-hydrogen) atoms. The number of ketones is 1. The third kappa shape index (κ3) is 6.52. The van der Waals surface area contributed by atoms with E-state index in [1.165, 1.54) is 19.1 Å². The number of carbonyl (C=O) groups excluding carboxylic acids is 2. The molecule has 9 heteroatoms. The maximum absolute atomic E-state index is 12.6. The van der Waals surface area contributed by atoms with Crippen molar-refractivity contribution in [3.8, 4) is 6.07 Å². The van der Waals surface area contributed by atoms with Crippen molar-refractivity contribution in [1.29, 1.82) is 5.26 Å². The molecule has 0 radical (unpaired) electrons. The quantitative estimate of drug-likeness (QED) is 0.458. The Morgan fingerprint density at radius 3 is 2.76 bits per heavy atom. The van der Waals surface area contributed by atoms with Crippen LogP contribution in [0.5, 0.6) is 0 Å². The molecule has 4 rings (SSSR count). The minimum Gasteiger partial charge on any atom is -0.330 e. The molecule has 1 fully saturated rings. The van der Waals surface area contributed by atoms with Crippen molar-refractivity contribution in [3.05, 3.63) is 64.5 Å². The first-order chi connectivity index (χ1) is 16.3. The number of benzene rings is 1. The molecule has 2 aromatic rings. The normalized spacial score (nSPS) is 15.8. The van der Waals surface area contributed by atoms with Crippen LogP contribution in [0.1, 0.15) is 42.1 Å². The Hall–Kier alpha value is -3.02. The molecule has 0 N–H and O–H groups in total. The van der Waals surface area contributed by atoms with E-state index >= 15 is 0 Å². The molecule has 1 amide bonds. The highest BCUT2D eigenvalue weighted by atomic mass is 35.5. The lowest BCUT2D eigenvalue weighted by Gasteiger charge is -2.34. The highest BCUT2D eigenvalue weighted by Crippen LogP contribution is 2.18. The number of rotatable bonds is 6. The van der Waals surface area contributed by atoms with E-state index in [0.29, 0.717) is 36.9 Å². The van der Waals surface area contributed by atoms with Crippen LogP contribution < -0.4 is 0 Å². The number of hydrogen-bond donors (Lipinski definition) is 0. The number of amides is 1. The van der Waals surface area contributed by atoms with Gasteiger partial charge in [-0.2, -0.15) is 5.26 Å². The largest absolute Gasteiger partial charge is 0.330 e. The minimum atomic E-state index is -0.210. The Balaban J connectivity index is 0.000000248. The number of nitriles is 1. The van der Waals surface area contributed by atoms with Crippen molar-refractivity contribution in [3.63, 3.8) is 0 Å². The summed E-state index contributed by atoms with van der Waals surface area (Å²) in [6.07, 6.45) is 6.85. The van der Waals surface area contributed by atoms with Crippen molar-refractivity contribution < 1.29 is 14.0 Å². The van der Waals surface area contributed by atoms with E-state index in [9.17, 15) is 14.0 Å². The first kappa shape index (κ1) is 25.6. The second-order valence-corrected chi connectivity index (χ2v) is 8.87. The Bertz CT molecular complexity index is 1100. The first-order valence-electron chi connectivity index (χ1n) is 11.4. The smallest absolute Gasteiger partial charge is 0.246 e. The molecular weight excluding hydrogens is 457 g/mol. The van der Waals surface area contributed by atoms with Gasteiger partial charge in [0.25, 0.3) is 0 Å². The predicted molar refractivity (Wildman–Crippen MR) is 128 cm³/mol. The standard InChI is InChI=1S/C16H19N5O2.C9H10ClF/c1-12(22)14-8-18-15-11-20(5-6-21(14)15)16(23)3-2-4-19-9-13(7-17)10-19;1-2-3-7-6-8(11)4-5-9(7)10/h2-3,8,13H,4-6,9-11H2,1H3;4-6H,2-3H2,1H3/b3-2+;. The number of nitrogens with zero attached hydrogens (tertiary/aromatic N) is 5. The summed E-state index contributed by atoms with van der Waals surface area (Å²) in [5.41, 5.74) is 1.50. The van der Waals surface area contributed by atoms with Gasteiger partial charge in [0, 0.05) is 50.7 Å². The van der Waals surface area contributed by atoms with Crippen LogP contribution in [0.2, 0.25) is 5.02 Å². The van der Waals surface area contributed by atoms with Crippen LogP contribution in [-0.4, -0.2) is 57.2 Å². The second kappa shape index (κ2) is 11.9. The van der Waals surface area contributed by atoms with Crippen molar-refractivity contribution in [2.24, 2.45) is 5.92 Å². The fourth-order valence-electron chi connectivity index (χ4n) is 3.94. The molecule has 1 saturated heterocycles. The summed E-state index contributed by atoms with van der Waals surface area (Å²) in [4.78, 5) is 31.8. The lowest BCUT2D eigenvalue weighted by molar-refractivity contribution is -0.127. The van der Waals surface area contributed by atoms with Gasteiger partial charge in [0.1, 0.15) is 17.3 Å². The van der Waals surface area contributed by atoms with Crippen LogP contribution in [0.15, 0.2) is 36.5 Å². The second-order valence-electron chi connectivity index (χ2n) is 8.46. The molecule has 1 aromatic carbocycles. The van der Waals surface area contributed by atoms with Gasteiger partial charge in [-0.3, -0.25) is 14.5 Å². The van der Waals surface area contributed by atoms with E-state index in [1.807, 2.05) is 17.6 Å². The van der Waals surface area contributed by atoms with Crippen molar-refractivity contribution >= 4 is 23.3 Å². The molecule has 0 spiro atoms. The number of Topliss-reactive ketones (excluding diaryl/α,β-unsaturated/α-hetero) is 1. The molecule has 180 valence electrons. The summed E-state index contributed by atoms with van der Waals surface area (Å²) in [6.45, 7) is 7.43. The molecule has 0 unspecified atom stereocenters. The van der Waals surface area contributed by atoms with Gasteiger partial charge < -0.3 is 9.47 Å². The van der Waals surface area contributed by atoms with Gasteiger partial charge in [-0.15, -0.1) is 0 Å². The van der Waals surface area contributed by atoms with Crippen LogP contribution in [0.3, 0.4) is 0 Å². The van der Waals surface area contributed by atoms with Crippen LogP contribution in [0.25, 0.3) is 0 Å². The SMILES string of the molecule is CC(=O)c1cnc2n1CCN(C(=O)/C=C/CN1CC(C#N)C1)C2.CCCc1cc(F)ccc1Cl. The lowest BCUT2D eigenvalue weighted by Crippen LogP contribution is -2.45. The first-order valence-corrected chi connectivity index (χ1v) is 11.8. The molecule has 2 aliphatic heterocycles. The van der Waals surface area contributed by atoms with Crippen LogP contribution in [0, 0.1) is 23.1 Å². The summed E-state index contributed by atoms with van der Waals surface area (Å²) in [5.74, 6) is 0.630. The summed E-state index contributed by atoms with van der Waals surface area (Å²) in [6, 6.07) is 6.69. The van der Waals surface area contributed by atoms with Crippen molar-refractivity contribution in [2.45, 2.75) is 39.8 Å². The van der Waals surface area contributed by atoms with Gasteiger partial charge in [0.2, 0.25) is 5.91 Å². The van der Waals surface area contributed by atoms with Crippen LogP contribution >= 0.6 is 11.6 Å². The van der Waals surface area contributed by atoms with Crippen LogP contribution in [-0.2, 0) is 24.3 Å². The molecule has 1 aromatic heterocycles. The number of carbonyl (C=O) groups is 2. The molecule has 3 heterocycles. The Morgan fingerprint density at radius 1 is 1.32 bits per heavy atom. The molecular formula is C25H29ClFN5O2. The lowest BCUT2D eigenvalue weighted by atomic mass is 10.0. The van der Waals surface area contributed by atoms with Crippen molar-refractivity contribution in [2.75, 3.05) is 26.2 Å². The van der Waals surface area contributed by atoms with Gasteiger partial charge in [-0.25, -0.2) is 9.37 Å². The molecule has 0 atom stereocenters. The number of imidazole rings is 1. The summed E-state index contributed by atoms with van der Waals surface area (Å²) >= 11 is 5.81. The van der Waals surface area contributed by atoms with E-state index in [-0.39, 0.29) is 23.4 Å². The molecule has 2 aliphatic rings. The fraction of sp³-hybridized carbons (Fsp3) is 0.440. The van der Waals surface area contributed by atoms with E-state index < -0.39 is 0 Å². The number of aryl methyl sites for hydroxylation is 1. The third-order valence-electron chi connectivity index (χ3n) is 5.83. The van der Waals surface area contributed by atoms with Gasteiger partial charge in [0.15, 0.2) is 5.78 Å². The molecule has 0 saturated carbocycles. The van der Waals surface area contributed by atoms with Crippen LogP contribution in [0.4, 0.5) is 4.39 Å². The Kier molecular flexibility index (Phi) is 8.97. The van der Waals surface area contributed by atoms with E-state index in [0.717, 1.165) is 37.3 Å². The fourth-order valence-corrected chi connectivity index (χ4v) is 4.15. The van der Waals surface area contributed by atoms with Gasteiger partial charge in [-0.1, -0.05) is 31.0 Å².